The molecule has 0 bridgehead atoms. The average molecular weight is 238 g/mol. The topological polar surface area (TPSA) is 29.3 Å². The molecule has 0 spiro atoms. The van der Waals surface area contributed by atoms with E-state index in [0.29, 0.717) is 5.54 Å². The molecule has 1 aliphatic heterocycles. The third-order valence-corrected chi connectivity index (χ3v) is 5.18. The second kappa shape index (κ2) is 5.27. The van der Waals surface area contributed by atoms with Crippen LogP contribution in [0.3, 0.4) is 0 Å². The summed E-state index contributed by atoms with van der Waals surface area (Å²) < 4.78 is 0. The van der Waals surface area contributed by atoms with Crippen molar-refractivity contribution in [3.63, 3.8) is 0 Å². The highest BCUT2D eigenvalue weighted by Gasteiger charge is 2.43. The van der Waals surface area contributed by atoms with Gasteiger partial charge in [-0.15, -0.1) is 0 Å². The highest BCUT2D eigenvalue weighted by molar-refractivity contribution is 5.00. The Labute approximate surface area is 107 Å². The lowest BCUT2D eigenvalue weighted by Gasteiger charge is -2.47. The Morgan fingerprint density at radius 3 is 2.35 bits per heavy atom. The lowest BCUT2D eigenvalue weighted by molar-refractivity contribution is 0.0299. The Hall–Kier alpha value is -0.0800. The van der Waals surface area contributed by atoms with Gasteiger partial charge in [-0.3, -0.25) is 4.90 Å². The summed E-state index contributed by atoms with van der Waals surface area (Å²) in [5, 5.41) is 0. The van der Waals surface area contributed by atoms with Gasteiger partial charge >= 0.3 is 0 Å². The summed E-state index contributed by atoms with van der Waals surface area (Å²) in [5.74, 6) is 2.62. The normalized spacial score (nSPS) is 44.1. The molecule has 2 heteroatoms. The van der Waals surface area contributed by atoms with E-state index in [1.54, 1.807) is 0 Å². The molecule has 0 amide bonds. The third kappa shape index (κ3) is 2.68. The highest BCUT2D eigenvalue weighted by Crippen LogP contribution is 2.42. The lowest BCUT2D eigenvalue weighted by Crippen LogP contribution is -2.56. The van der Waals surface area contributed by atoms with Gasteiger partial charge in [-0.2, -0.15) is 0 Å². The molecule has 0 aromatic rings. The largest absolute Gasteiger partial charge is 0.329 e. The molecule has 4 unspecified atom stereocenters. The van der Waals surface area contributed by atoms with Crippen molar-refractivity contribution in [3.05, 3.63) is 0 Å². The van der Waals surface area contributed by atoms with Crippen molar-refractivity contribution in [1.29, 1.82) is 0 Å². The van der Waals surface area contributed by atoms with E-state index < -0.39 is 0 Å². The van der Waals surface area contributed by atoms with Crippen molar-refractivity contribution in [1.82, 2.24) is 4.90 Å². The number of likely N-dealkylation sites (tertiary alicyclic amines) is 1. The van der Waals surface area contributed by atoms with E-state index in [9.17, 15) is 0 Å². The Balaban J connectivity index is 2.07. The summed E-state index contributed by atoms with van der Waals surface area (Å²) in [6, 6.07) is 0. The molecule has 1 heterocycles. The molecule has 4 atom stereocenters. The SMILES string of the molecule is CCC1CCC(CN)(N2CC(C)CC(C)C2)C1. The van der Waals surface area contributed by atoms with Gasteiger partial charge < -0.3 is 5.73 Å². The van der Waals surface area contributed by atoms with Crippen molar-refractivity contribution in [2.45, 2.75) is 58.4 Å². The molecule has 0 radical (unpaired) electrons. The van der Waals surface area contributed by atoms with Gasteiger partial charge in [0, 0.05) is 25.2 Å². The number of piperidine rings is 1. The minimum Gasteiger partial charge on any atom is -0.329 e. The smallest absolute Gasteiger partial charge is 0.0334 e. The number of hydrogen-bond acceptors (Lipinski definition) is 2. The van der Waals surface area contributed by atoms with Crippen LogP contribution in [0.2, 0.25) is 0 Å². The first kappa shape index (κ1) is 13.4. The zero-order valence-corrected chi connectivity index (χ0v) is 11.9. The predicted molar refractivity (Wildman–Crippen MR) is 73.9 cm³/mol. The van der Waals surface area contributed by atoms with Gasteiger partial charge in [-0.05, 0) is 43.4 Å². The third-order valence-electron chi connectivity index (χ3n) is 5.18. The van der Waals surface area contributed by atoms with Gasteiger partial charge in [-0.1, -0.05) is 27.2 Å². The molecule has 17 heavy (non-hydrogen) atoms. The molecule has 0 aromatic carbocycles. The van der Waals surface area contributed by atoms with Crippen LogP contribution < -0.4 is 5.73 Å². The molecular weight excluding hydrogens is 208 g/mol. The summed E-state index contributed by atoms with van der Waals surface area (Å²) in [4.78, 5) is 2.75. The predicted octanol–water partition coefficient (Wildman–Crippen LogP) is 2.87. The van der Waals surface area contributed by atoms with Crippen LogP contribution in [0.25, 0.3) is 0 Å². The Morgan fingerprint density at radius 2 is 1.88 bits per heavy atom. The second-order valence-corrected chi connectivity index (χ2v) is 6.80. The Bertz CT molecular complexity index is 243. The molecule has 100 valence electrons. The fraction of sp³-hybridized carbons (Fsp3) is 1.00. The molecule has 2 N–H and O–H groups in total. The second-order valence-electron chi connectivity index (χ2n) is 6.80. The first-order valence-electron chi connectivity index (χ1n) is 7.54. The van der Waals surface area contributed by atoms with Crippen LogP contribution in [0, 0.1) is 17.8 Å². The Kier molecular flexibility index (Phi) is 4.14. The van der Waals surface area contributed by atoms with E-state index in [1.165, 1.54) is 45.2 Å². The average Bonchev–Trinajstić information content (AvgIpc) is 2.72. The van der Waals surface area contributed by atoms with Crippen LogP contribution in [-0.4, -0.2) is 30.1 Å². The maximum absolute atomic E-state index is 6.17. The zero-order chi connectivity index (χ0) is 12.5. The van der Waals surface area contributed by atoms with Crippen LogP contribution in [0.1, 0.15) is 52.9 Å². The molecular formula is C15H30N2. The van der Waals surface area contributed by atoms with Crippen molar-refractivity contribution < 1.29 is 0 Å². The van der Waals surface area contributed by atoms with E-state index >= 15 is 0 Å². The van der Waals surface area contributed by atoms with Crippen LogP contribution >= 0.6 is 0 Å². The maximum Gasteiger partial charge on any atom is 0.0334 e. The molecule has 2 rings (SSSR count). The summed E-state index contributed by atoms with van der Waals surface area (Å²) in [5.41, 5.74) is 6.52. The van der Waals surface area contributed by atoms with Gasteiger partial charge in [-0.25, -0.2) is 0 Å². The molecule has 0 aromatic heterocycles. The van der Waals surface area contributed by atoms with Crippen molar-refractivity contribution in [3.8, 4) is 0 Å². The molecule has 2 fully saturated rings. The summed E-state index contributed by atoms with van der Waals surface area (Å²) >= 11 is 0. The van der Waals surface area contributed by atoms with Crippen molar-refractivity contribution >= 4 is 0 Å². The number of rotatable bonds is 3. The van der Waals surface area contributed by atoms with Crippen LogP contribution in [0.5, 0.6) is 0 Å². The minimum absolute atomic E-state index is 0.351. The highest BCUT2D eigenvalue weighted by atomic mass is 15.2. The fourth-order valence-electron chi connectivity index (χ4n) is 4.21. The van der Waals surface area contributed by atoms with Gasteiger partial charge in [0.1, 0.15) is 0 Å². The van der Waals surface area contributed by atoms with Crippen molar-refractivity contribution in [2.24, 2.45) is 23.5 Å². The van der Waals surface area contributed by atoms with E-state index in [-0.39, 0.29) is 0 Å². The first-order valence-corrected chi connectivity index (χ1v) is 7.54. The van der Waals surface area contributed by atoms with Gasteiger partial charge in [0.15, 0.2) is 0 Å². The molecule has 1 saturated carbocycles. The van der Waals surface area contributed by atoms with Gasteiger partial charge in [0.25, 0.3) is 0 Å². The molecule has 1 saturated heterocycles. The molecule has 2 nitrogen and oxygen atoms in total. The van der Waals surface area contributed by atoms with Crippen LogP contribution in [0.15, 0.2) is 0 Å². The summed E-state index contributed by atoms with van der Waals surface area (Å²) in [6.07, 6.45) is 6.81. The number of nitrogens with two attached hydrogens (primary N) is 1. The van der Waals surface area contributed by atoms with E-state index in [0.717, 1.165) is 24.3 Å². The minimum atomic E-state index is 0.351. The van der Waals surface area contributed by atoms with Gasteiger partial charge in [0.2, 0.25) is 0 Å². The quantitative estimate of drug-likeness (QED) is 0.819. The monoisotopic (exact) mass is 238 g/mol. The van der Waals surface area contributed by atoms with Crippen LogP contribution in [-0.2, 0) is 0 Å². The first-order chi connectivity index (χ1) is 8.09. The number of hydrogen-bond donors (Lipinski definition) is 1. The Morgan fingerprint density at radius 1 is 1.24 bits per heavy atom. The molecule has 2 aliphatic rings. The maximum atomic E-state index is 6.17. The van der Waals surface area contributed by atoms with E-state index in [4.69, 9.17) is 5.73 Å². The van der Waals surface area contributed by atoms with Gasteiger partial charge in [0.05, 0.1) is 0 Å². The summed E-state index contributed by atoms with van der Waals surface area (Å²) in [7, 11) is 0. The standard InChI is InChI=1S/C15H30N2/c1-4-14-5-6-15(8-14,11-16)17-9-12(2)7-13(3)10-17/h12-14H,4-11,16H2,1-3H3. The van der Waals surface area contributed by atoms with E-state index in [2.05, 4.69) is 25.7 Å². The molecule has 1 aliphatic carbocycles. The van der Waals surface area contributed by atoms with Crippen LogP contribution in [0.4, 0.5) is 0 Å². The fourth-order valence-corrected chi connectivity index (χ4v) is 4.21. The van der Waals surface area contributed by atoms with Crippen molar-refractivity contribution in [2.75, 3.05) is 19.6 Å². The zero-order valence-electron chi connectivity index (χ0n) is 11.9. The number of nitrogens with zero attached hydrogens (tertiary/aromatic N) is 1. The summed E-state index contributed by atoms with van der Waals surface area (Å²) in [6.45, 7) is 10.6. The van der Waals surface area contributed by atoms with E-state index in [1.807, 2.05) is 0 Å². The lowest BCUT2D eigenvalue weighted by atomic mass is 9.85.